The molecule has 3 rings (SSSR count). The number of amides is 2. The van der Waals surface area contributed by atoms with Crippen LogP contribution in [0.1, 0.15) is 48.4 Å². The quantitative estimate of drug-likeness (QED) is 0.626. The van der Waals surface area contributed by atoms with Crippen LogP contribution in [0.5, 0.6) is 0 Å². The van der Waals surface area contributed by atoms with Crippen LogP contribution in [0.25, 0.3) is 0 Å². The van der Waals surface area contributed by atoms with E-state index in [1.165, 1.54) is 18.3 Å². The van der Waals surface area contributed by atoms with Crippen molar-refractivity contribution in [3.63, 3.8) is 0 Å². The van der Waals surface area contributed by atoms with Crippen LogP contribution in [0, 0.1) is 6.92 Å². The van der Waals surface area contributed by atoms with Gasteiger partial charge in [-0.05, 0) is 37.6 Å². The van der Waals surface area contributed by atoms with Crippen molar-refractivity contribution in [2.75, 3.05) is 5.32 Å². The number of nitrogens with zero attached hydrogens (tertiary/aromatic N) is 2. The van der Waals surface area contributed by atoms with Gasteiger partial charge >= 0.3 is 0 Å². The summed E-state index contributed by atoms with van der Waals surface area (Å²) in [5, 5.41) is 11.4. The number of ketones is 1. The molecule has 0 aliphatic rings. The van der Waals surface area contributed by atoms with Crippen LogP contribution in [0.2, 0.25) is 0 Å². The maximum Gasteiger partial charge on any atom is 0.256 e. The molecule has 1 aromatic carbocycles. The number of anilines is 1. The first kappa shape index (κ1) is 19.5. The Morgan fingerprint density at radius 1 is 1.14 bits per heavy atom. The average molecular weight is 396 g/mol. The number of thiophene rings is 1. The van der Waals surface area contributed by atoms with Crippen molar-refractivity contribution in [3.05, 3.63) is 69.2 Å². The molecule has 0 saturated heterocycles. The first-order valence-electron chi connectivity index (χ1n) is 8.60. The Bertz CT molecular complexity index is 1050. The number of carbonyl (C=O) groups excluding carboxylic acids is 3. The zero-order chi connectivity index (χ0) is 20.3. The van der Waals surface area contributed by atoms with Gasteiger partial charge in [-0.2, -0.15) is 5.10 Å². The predicted octanol–water partition coefficient (Wildman–Crippen LogP) is 3.17. The SMILES string of the molecule is CC(=O)c1cc(C(=O)Nc2cc(C(=O)NCc3cnn(C)c3)ccc2C)cs1. The minimum absolute atomic E-state index is 0.0764. The average Bonchev–Trinajstić information content (AvgIpc) is 3.30. The number of hydrogen-bond donors (Lipinski definition) is 2. The Hall–Kier alpha value is -3.26. The van der Waals surface area contributed by atoms with E-state index in [1.807, 2.05) is 20.2 Å². The highest BCUT2D eigenvalue weighted by Crippen LogP contribution is 2.20. The van der Waals surface area contributed by atoms with E-state index in [9.17, 15) is 14.4 Å². The van der Waals surface area contributed by atoms with Crippen molar-refractivity contribution < 1.29 is 14.4 Å². The van der Waals surface area contributed by atoms with Crippen LogP contribution in [0.3, 0.4) is 0 Å². The van der Waals surface area contributed by atoms with Gasteiger partial charge < -0.3 is 10.6 Å². The molecular formula is C20H20N4O3S. The molecule has 0 aliphatic carbocycles. The van der Waals surface area contributed by atoms with Crippen LogP contribution in [-0.4, -0.2) is 27.4 Å². The topological polar surface area (TPSA) is 93.1 Å². The number of carbonyl (C=O) groups is 3. The van der Waals surface area contributed by atoms with Crippen molar-refractivity contribution in [2.45, 2.75) is 20.4 Å². The van der Waals surface area contributed by atoms with Gasteiger partial charge in [0.25, 0.3) is 11.8 Å². The smallest absolute Gasteiger partial charge is 0.256 e. The third-order valence-electron chi connectivity index (χ3n) is 4.17. The fourth-order valence-corrected chi connectivity index (χ4v) is 3.37. The van der Waals surface area contributed by atoms with Crippen molar-refractivity contribution in [2.24, 2.45) is 7.05 Å². The molecule has 0 aliphatic heterocycles. The van der Waals surface area contributed by atoms with E-state index in [0.717, 1.165) is 11.1 Å². The van der Waals surface area contributed by atoms with E-state index in [-0.39, 0.29) is 17.6 Å². The molecule has 0 unspecified atom stereocenters. The lowest BCUT2D eigenvalue weighted by Crippen LogP contribution is -2.23. The van der Waals surface area contributed by atoms with Gasteiger partial charge in [0.05, 0.1) is 16.6 Å². The minimum atomic E-state index is -0.320. The van der Waals surface area contributed by atoms with Crippen molar-refractivity contribution in [1.82, 2.24) is 15.1 Å². The lowest BCUT2D eigenvalue weighted by Gasteiger charge is -2.10. The molecule has 2 heterocycles. The zero-order valence-electron chi connectivity index (χ0n) is 15.8. The van der Waals surface area contributed by atoms with Crippen LogP contribution in [-0.2, 0) is 13.6 Å². The Morgan fingerprint density at radius 3 is 2.57 bits per heavy atom. The van der Waals surface area contributed by atoms with E-state index in [2.05, 4.69) is 15.7 Å². The van der Waals surface area contributed by atoms with Gasteiger partial charge in [0.15, 0.2) is 5.78 Å². The summed E-state index contributed by atoms with van der Waals surface area (Å²) in [6.45, 7) is 3.68. The molecule has 3 aromatic rings. The van der Waals surface area contributed by atoms with Crippen molar-refractivity contribution >= 4 is 34.6 Å². The molecule has 2 amide bonds. The van der Waals surface area contributed by atoms with Crippen LogP contribution >= 0.6 is 11.3 Å². The summed E-state index contributed by atoms with van der Waals surface area (Å²) >= 11 is 1.23. The highest BCUT2D eigenvalue weighted by Gasteiger charge is 2.14. The Morgan fingerprint density at radius 2 is 1.93 bits per heavy atom. The molecule has 0 bridgehead atoms. The fourth-order valence-electron chi connectivity index (χ4n) is 2.58. The molecular weight excluding hydrogens is 376 g/mol. The Labute approximate surface area is 166 Å². The van der Waals surface area contributed by atoms with Gasteiger partial charge in [-0.1, -0.05) is 6.07 Å². The van der Waals surface area contributed by atoms with Crippen molar-refractivity contribution in [3.8, 4) is 0 Å². The Balaban J connectivity index is 1.70. The molecule has 2 N–H and O–H groups in total. The van der Waals surface area contributed by atoms with Gasteiger partial charge in [0.2, 0.25) is 0 Å². The lowest BCUT2D eigenvalue weighted by molar-refractivity contribution is 0.0948. The standard InChI is InChI=1S/C20H20N4O3S/c1-12-4-5-15(19(26)21-8-14-9-22-24(3)10-14)6-17(12)23-20(27)16-7-18(13(2)25)28-11-16/h4-7,9-11H,8H2,1-3H3,(H,21,26)(H,23,27). The summed E-state index contributed by atoms with van der Waals surface area (Å²) in [6.07, 6.45) is 3.52. The van der Waals surface area contributed by atoms with E-state index >= 15 is 0 Å². The Kier molecular flexibility index (Phi) is 5.70. The molecule has 0 fully saturated rings. The van der Waals surface area contributed by atoms with E-state index < -0.39 is 0 Å². The van der Waals surface area contributed by atoms with E-state index in [1.54, 1.807) is 40.5 Å². The summed E-state index contributed by atoms with van der Waals surface area (Å²) in [5.74, 6) is -0.638. The summed E-state index contributed by atoms with van der Waals surface area (Å²) in [4.78, 5) is 36.8. The van der Waals surface area contributed by atoms with Gasteiger partial charge in [0.1, 0.15) is 0 Å². The van der Waals surface area contributed by atoms with Gasteiger partial charge in [-0.25, -0.2) is 0 Å². The first-order chi connectivity index (χ1) is 13.3. The lowest BCUT2D eigenvalue weighted by atomic mass is 10.1. The summed E-state index contributed by atoms with van der Waals surface area (Å²) in [5.41, 5.74) is 3.14. The number of hydrogen-bond acceptors (Lipinski definition) is 5. The second kappa shape index (κ2) is 8.18. The van der Waals surface area contributed by atoms with Crippen LogP contribution in [0.15, 0.2) is 42.0 Å². The molecule has 0 radical (unpaired) electrons. The van der Waals surface area contributed by atoms with Crippen LogP contribution in [0.4, 0.5) is 5.69 Å². The molecule has 0 saturated carbocycles. The van der Waals surface area contributed by atoms with Gasteiger partial charge in [-0.15, -0.1) is 11.3 Å². The third-order valence-corrected chi connectivity index (χ3v) is 5.20. The molecule has 0 atom stereocenters. The monoisotopic (exact) mass is 396 g/mol. The second-order valence-electron chi connectivity index (χ2n) is 6.44. The van der Waals surface area contributed by atoms with E-state index in [0.29, 0.717) is 28.2 Å². The summed E-state index contributed by atoms with van der Waals surface area (Å²) in [7, 11) is 1.81. The highest BCUT2D eigenvalue weighted by atomic mass is 32.1. The number of nitrogens with one attached hydrogen (secondary N) is 2. The predicted molar refractivity (Wildman–Crippen MR) is 108 cm³/mol. The largest absolute Gasteiger partial charge is 0.348 e. The number of aryl methyl sites for hydroxylation is 2. The number of Topliss-reactive ketones (excluding diaryl/α,β-unsaturated/α-hetero) is 1. The highest BCUT2D eigenvalue weighted by molar-refractivity contribution is 7.12. The maximum absolute atomic E-state index is 12.5. The van der Waals surface area contributed by atoms with Gasteiger partial charge in [-0.3, -0.25) is 19.1 Å². The van der Waals surface area contributed by atoms with Gasteiger partial charge in [0, 0.05) is 42.0 Å². The normalized spacial score (nSPS) is 10.5. The first-order valence-corrected chi connectivity index (χ1v) is 9.48. The molecule has 7 nitrogen and oxygen atoms in total. The fraction of sp³-hybridized carbons (Fsp3) is 0.200. The van der Waals surface area contributed by atoms with Crippen molar-refractivity contribution in [1.29, 1.82) is 0 Å². The van der Waals surface area contributed by atoms with Crippen LogP contribution < -0.4 is 10.6 Å². The molecule has 8 heteroatoms. The molecule has 0 spiro atoms. The molecule has 28 heavy (non-hydrogen) atoms. The maximum atomic E-state index is 12.5. The summed E-state index contributed by atoms with van der Waals surface area (Å²) < 4.78 is 1.67. The molecule has 144 valence electrons. The third kappa shape index (κ3) is 4.52. The van der Waals surface area contributed by atoms with E-state index in [4.69, 9.17) is 0 Å². The second-order valence-corrected chi connectivity index (χ2v) is 7.36. The number of benzene rings is 1. The minimum Gasteiger partial charge on any atom is -0.348 e. The zero-order valence-corrected chi connectivity index (χ0v) is 16.6. The summed E-state index contributed by atoms with van der Waals surface area (Å²) in [6, 6.07) is 6.71. The number of aromatic nitrogens is 2. The number of rotatable bonds is 6. The molecule has 2 aromatic heterocycles.